The van der Waals surface area contributed by atoms with Crippen LogP contribution in [0.2, 0.25) is 0 Å². The molecular weight excluding hydrogens is 244 g/mol. The number of hydrogen-bond donors (Lipinski definition) is 1. The first kappa shape index (κ1) is 13.9. The number of benzene rings is 1. The summed E-state index contributed by atoms with van der Waals surface area (Å²) >= 11 is 0. The molecule has 0 spiro atoms. The lowest BCUT2D eigenvalue weighted by atomic mass is 9.88. The maximum atomic E-state index is 3.60. The molecule has 2 nitrogen and oxygen atoms in total. The molecule has 1 aliphatic carbocycles. The van der Waals surface area contributed by atoms with Crippen molar-refractivity contribution in [3.8, 4) is 0 Å². The van der Waals surface area contributed by atoms with E-state index in [4.69, 9.17) is 0 Å². The van der Waals surface area contributed by atoms with E-state index in [-0.39, 0.29) is 0 Å². The Bertz CT molecular complexity index is 464. The van der Waals surface area contributed by atoms with E-state index in [1.807, 2.05) is 0 Å². The molecule has 2 fully saturated rings. The van der Waals surface area contributed by atoms with Gasteiger partial charge in [0.2, 0.25) is 0 Å². The monoisotopic (exact) mass is 272 g/mol. The molecule has 1 saturated carbocycles. The van der Waals surface area contributed by atoms with Crippen molar-refractivity contribution >= 4 is 5.69 Å². The Labute approximate surface area is 123 Å². The minimum absolute atomic E-state index is 0.791. The van der Waals surface area contributed by atoms with E-state index < -0.39 is 0 Å². The summed E-state index contributed by atoms with van der Waals surface area (Å²) < 4.78 is 0. The summed E-state index contributed by atoms with van der Waals surface area (Å²) in [5.41, 5.74) is 4.30. The van der Waals surface area contributed by atoms with Crippen LogP contribution in [0.25, 0.3) is 0 Å². The van der Waals surface area contributed by atoms with Gasteiger partial charge < -0.3 is 10.2 Å². The zero-order valence-electron chi connectivity index (χ0n) is 13.2. The Kier molecular flexibility index (Phi) is 4.02. The molecule has 1 N–H and O–H groups in total. The van der Waals surface area contributed by atoms with Crippen molar-refractivity contribution in [1.82, 2.24) is 5.32 Å². The lowest BCUT2D eigenvalue weighted by Crippen LogP contribution is -2.38. The van der Waals surface area contributed by atoms with E-state index in [1.165, 1.54) is 49.2 Å². The van der Waals surface area contributed by atoms with Gasteiger partial charge in [-0.15, -0.1) is 0 Å². The molecule has 0 aromatic heterocycles. The minimum Gasteiger partial charge on any atom is -0.371 e. The highest BCUT2D eigenvalue weighted by molar-refractivity contribution is 5.54. The second-order valence-electron chi connectivity index (χ2n) is 6.97. The third-order valence-corrected chi connectivity index (χ3v) is 5.11. The number of nitrogens with zero attached hydrogens (tertiary/aromatic N) is 1. The van der Waals surface area contributed by atoms with Gasteiger partial charge in [-0.1, -0.05) is 26.0 Å². The van der Waals surface area contributed by atoms with Gasteiger partial charge in [-0.25, -0.2) is 0 Å². The van der Waals surface area contributed by atoms with Crippen LogP contribution in [0, 0.1) is 18.8 Å². The Balaban J connectivity index is 1.66. The zero-order chi connectivity index (χ0) is 14.1. The van der Waals surface area contributed by atoms with Crippen LogP contribution >= 0.6 is 0 Å². The molecule has 2 atom stereocenters. The fraction of sp³-hybridized carbons (Fsp3) is 0.667. The van der Waals surface area contributed by atoms with Crippen molar-refractivity contribution in [2.75, 3.05) is 18.0 Å². The SMILES string of the molecule is Cc1cc(CNC2CC2)ccc1N1CCC(C)C(C)C1. The second-order valence-corrected chi connectivity index (χ2v) is 6.97. The lowest BCUT2D eigenvalue weighted by Gasteiger charge is -2.37. The Hall–Kier alpha value is -1.02. The van der Waals surface area contributed by atoms with Crippen molar-refractivity contribution in [3.05, 3.63) is 29.3 Å². The molecule has 1 saturated heterocycles. The number of rotatable bonds is 4. The van der Waals surface area contributed by atoms with Crippen LogP contribution in [0.5, 0.6) is 0 Å². The largest absolute Gasteiger partial charge is 0.371 e. The van der Waals surface area contributed by atoms with Crippen LogP contribution in [0.3, 0.4) is 0 Å². The standard InChI is InChI=1S/C18H28N2/c1-13-8-9-20(12-15(13)3)18-7-4-16(10-14(18)2)11-19-17-5-6-17/h4,7,10,13,15,17,19H,5-6,8-9,11-12H2,1-3H3. The third-order valence-electron chi connectivity index (χ3n) is 5.11. The average Bonchev–Trinajstić information content (AvgIpc) is 3.24. The highest BCUT2D eigenvalue weighted by atomic mass is 15.1. The van der Waals surface area contributed by atoms with Crippen LogP contribution in [-0.2, 0) is 6.54 Å². The van der Waals surface area contributed by atoms with Gasteiger partial charge in [0.1, 0.15) is 0 Å². The molecule has 1 heterocycles. The van der Waals surface area contributed by atoms with Crippen LogP contribution in [0.15, 0.2) is 18.2 Å². The first-order chi connectivity index (χ1) is 9.63. The fourth-order valence-electron chi connectivity index (χ4n) is 3.21. The molecule has 1 aliphatic heterocycles. The Morgan fingerprint density at radius 2 is 1.95 bits per heavy atom. The summed E-state index contributed by atoms with van der Waals surface area (Å²) in [6.45, 7) is 10.5. The van der Waals surface area contributed by atoms with Crippen molar-refractivity contribution in [3.63, 3.8) is 0 Å². The summed E-state index contributed by atoms with van der Waals surface area (Å²) in [7, 11) is 0. The topological polar surface area (TPSA) is 15.3 Å². The van der Waals surface area contributed by atoms with Crippen LogP contribution in [0.4, 0.5) is 5.69 Å². The van der Waals surface area contributed by atoms with Crippen molar-refractivity contribution < 1.29 is 0 Å². The van der Waals surface area contributed by atoms with Gasteiger partial charge >= 0.3 is 0 Å². The number of aryl methyl sites for hydroxylation is 1. The van der Waals surface area contributed by atoms with Gasteiger partial charge in [0.25, 0.3) is 0 Å². The molecule has 1 aromatic rings. The molecule has 1 aromatic carbocycles. The van der Waals surface area contributed by atoms with Gasteiger partial charge in [0.05, 0.1) is 0 Å². The number of nitrogens with one attached hydrogen (secondary N) is 1. The van der Waals surface area contributed by atoms with Crippen molar-refractivity contribution in [2.24, 2.45) is 11.8 Å². The van der Waals surface area contributed by atoms with E-state index in [0.29, 0.717) is 0 Å². The van der Waals surface area contributed by atoms with Gasteiger partial charge in [0, 0.05) is 31.4 Å². The first-order valence-corrected chi connectivity index (χ1v) is 8.21. The molecular formula is C18H28N2. The fourth-order valence-corrected chi connectivity index (χ4v) is 3.21. The third kappa shape index (κ3) is 3.17. The highest BCUT2D eigenvalue weighted by Crippen LogP contribution is 2.29. The van der Waals surface area contributed by atoms with Gasteiger partial charge in [0.15, 0.2) is 0 Å². The summed E-state index contributed by atoms with van der Waals surface area (Å²) in [6, 6.07) is 7.80. The van der Waals surface area contributed by atoms with Gasteiger partial charge in [-0.05, 0) is 55.2 Å². The predicted octanol–water partition coefficient (Wildman–Crippen LogP) is 3.73. The molecule has 2 aliphatic rings. The summed E-state index contributed by atoms with van der Waals surface area (Å²) in [5.74, 6) is 1.67. The molecule has 0 bridgehead atoms. The molecule has 20 heavy (non-hydrogen) atoms. The number of hydrogen-bond acceptors (Lipinski definition) is 2. The van der Waals surface area contributed by atoms with E-state index >= 15 is 0 Å². The van der Waals surface area contributed by atoms with E-state index in [2.05, 4.69) is 49.2 Å². The maximum Gasteiger partial charge on any atom is 0.0396 e. The van der Waals surface area contributed by atoms with Gasteiger partial charge in [-0.3, -0.25) is 0 Å². The quantitative estimate of drug-likeness (QED) is 0.898. The highest BCUT2D eigenvalue weighted by Gasteiger charge is 2.24. The molecule has 3 rings (SSSR count). The number of piperidine rings is 1. The Morgan fingerprint density at radius 1 is 1.15 bits per heavy atom. The predicted molar refractivity (Wildman–Crippen MR) is 86.2 cm³/mol. The second kappa shape index (κ2) is 5.77. The van der Waals surface area contributed by atoms with Crippen molar-refractivity contribution in [2.45, 2.75) is 52.6 Å². The molecule has 2 heteroatoms. The van der Waals surface area contributed by atoms with Crippen LogP contribution < -0.4 is 10.2 Å². The smallest absolute Gasteiger partial charge is 0.0396 e. The summed E-state index contributed by atoms with van der Waals surface area (Å²) in [5, 5.41) is 3.60. The zero-order valence-corrected chi connectivity index (χ0v) is 13.2. The van der Waals surface area contributed by atoms with Crippen LogP contribution in [0.1, 0.15) is 44.2 Å². The minimum atomic E-state index is 0.791. The van der Waals surface area contributed by atoms with Gasteiger partial charge in [-0.2, -0.15) is 0 Å². The maximum absolute atomic E-state index is 3.60. The Morgan fingerprint density at radius 3 is 2.60 bits per heavy atom. The van der Waals surface area contributed by atoms with E-state index in [9.17, 15) is 0 Å². The van der Waals surface area contributed by atoms with E-state index in [1.54, 1.807) is 0 Å². The normalized spacial score (nSPS) is 26.9. The molecule has 110 valence electrons. The van der Waals surface area contributed by atoms with Crippen molar-refractivity contribution in [1.29, 1.82) is 0 Å². The molecule has 2 unspecified atom stereocenters. The summed E-state index contributed by atoms with van der Waals surface area (Å²) in [4.78, 5) is 2.58. The number of anilines is 1. The van der Waals surface area contributed by atoms with Crippen LogP contribution in [-0.4, -0.2) is 19.1 Å². The first-order valence-electron chi connectivity index (χ1n) is 8.21. The van der Waals surface area contributed by atoms with E-state index in [0.717, 1.165) is 24.4 Å². The lowest BCUT2D eigenvalue weighted by molar-refractivity contribution is 0.324. The average molecular weight is 272 g/mol. The molecule has 0 amide bonds. The summed E-state index contributed by atoms with van der Waals surface area (Å²) in [6.07, 6.45) is 4.05. The molecule has 0 radical (unpaired) electrons.